The molecule has 1 saturated carbocycles. The molecule has 3 aliphatic heterocycles. The fraction of sp³-hybridized carbons (Fsp3) is 0.694. The third-order valence-electron chi connectivity index (χ3n) is 10.6. The summed E-state index contributed by atoms with van der Waals surface area (Å²) in [5.41, 5.74) is 2.56. The zero-order valence-electron chi connectivity index (χ0n) is 27.1. The van der Waals surface area contributed by atoms with Crippen LogP contribution in [0.3, 0.4) is 0 Å². The summed E-state index contributed by atoms with van der Waals surface area (Å²) in [5.74, 6) is 0.396. The van der Waals surface area contributed by atoms with E-state index in [1.165, 1.54) is 40.1 Å². The highest BCUT2D eigenvalue weighted by atomic mass is 32.1. The summed E-state index contributed by atoms with van der Waals surface area (Å²) in [6.45, 7) is 6.91. The third kappa shape index (κ3) is 8.34. The molecule has 1 atom stereocenters. The molecular weight excluding hydrogens is 582 g/mol. The van der Waals surface area contributed by atoms with Crippen molar-refractivity contribution >= 4 is 23.2 Å². The molecule has 9 heteroatoms. The lowest BCUT2D eigenvalue weighted by atomic mass is 9.82. The predicted molar refractivity (Wildman–Crippen MR) is 180 cm³/mol. The highest BCUT2D eigenvalue weighted by molar-refractivity contribution is 7.15. The van der Waals surface area contributed by atoms with Crippen LogP contribution in [0.4, 0.5) is 0 Å². The van der Waals surface area contributed by atoms with E-state index >= 15 is 0 Å². The minimum absolute atomic E-state index is 0.0372. The number of pyridine rings is 1. The molecule has 0 bridgehead atoms. The maximum Gasteiger partial charge on any atom is 0.245 e. The number of fused-ring (bicyclic) bond motifs is 2. The molecule has 8 nitrogen and oxygen atoms in total. The van der Waals surface area contributed by atoms with E-state index in [2.05, 4.69) is 38.7 Å². The fourth-order valence-corrected chi connectivity index (χ4v) is 9.21. The van der Waals surface area contributed by atoms with Gasteiger partial charge in [0, 0.05) is 54.7 Å². The second kappa shape index (κ2) is 16.0. The maximum absolute atomic E-state index is 13.4. The monoisotopic (exact) mass is 635 g/mol. The second-order valence-corrected chi connectivity index (χ2v) is 14.8. The summed E-state index contributed by atoms with van der Waals surface area (Å²) < 4.78 is 6.53. The lowest BCUT2D eigenvalue weighted by Gasteiger charge is -2.44. The van der Waals surface area contributed by atoms with Crippen molar-refractivity contribution in [1.29, 1.82) is 0 Å². The van der Waals surface area contributed by atoms with Crippen LogP contribution in [0.25, 0.3) is 10.4 Å². The number of likely N-dealkylation sites (tertiary alicyclic amines) is 2. The molecule has 1 aliphatic carbocycles. The molecule has 1 unspecified atom stereocenters. The van der Waals surface area contributed by atoms with E-state index in [0.29, 0.717) is 0 Å². The number of hydrogen-bond donors (Lipinski definition) is 2. The number of hydrogen-bond acceptors (Lipinski definition) is 7. The van der Waals surface area contributed by atoms with Gasteiger partial charge in [-0.25, -0.2) is 0 Å². The number of nitrogens with zero attached hydrogens (tertiary/aromatic N) is 3. The van der Waals surface area contributed by atoms with E-state index in [0.717, 1.165) is 117 Å². The van der Waals surface area contributed by atoms with Crippen LogP contribution in [0.15, 0.2) is 30.6 Å². The van der Waals surface area contributed by atoms with E-state index in [1.54, 1.807) is 0 Å². The molecular formula is C36H53N5O3S. The van der Waals surface area contributed by atoms with Gasteiger partial charge in [0.1, 0.15) is 6.04 Å². The average molecular weight is 636 g/mol. The molecule has 0 radical (unpaired) electrons. The normalized spacial score (nSPS) is 21.4. The number of carbonyl (C=O) groups is 2. The standard InChI is InChI=1S/C36H53N5O3S/c42-33(39-34(29-10-4-1-5-11-29)35(43)41-21-8-3-9-22-41)27-38-17-6-2-7-20-40-23-15-36(16-24-40)30-26-32(28-12-18-37-19-13-28)45-31(30)14-25-44-36/h12-13,18-19,26,29,34,38H,1-11,14-17,20-25,27H2,(H,39,42). The first-order chi connectivity index (χ1) is 22.1. The Morgan fingerprint density at radius 2 is 1.73 bits per heavy atom. The average Bonchev–Trinajstić information content (AvgIpc) is 3.55. The zero-order valence-corrected chi connectivity index (χ0v) is 27.9. The SMILES string of the molecule is O=C(CNCCCCCN1CCC2(CC1)OCCc1sc(-c3ccncc3)cc12)NC(C(=O)N1CCCCC1)C1CCCCC1. The molecule has 6 rings (SSSR count). The van der Waals surface area contributed by atoms with Crippen molar-refractivity contribution in [1.82, 2.24) is 25.4 Å². The van der Waals surface area contributed by atoms with Gasteiger partial charge in [-0.15, -0.1) is 11.3 Å². The van der Waals surface area contributed by atoms with Crippen LogP contribution in [-0.4, -0.2) is 85.1 Å². The van der Waals surface area contributed by atoms with Crippen LogP contribution in [0, 0.1) is 5.92 Å². The molecule has 5 heterocycles. The Kier molecular flexibility index (Phi) is 11.6. The molecule has 4 aliphatic rings. The largest absolute Gasteiger partial charge is 0.370 e. The Balaban J connectivity index is 0.880. The Morgan fingerprint density at radius 1 is 0.978 bits per heavy atom. The van der Waals surface area contributed by atoms with Gasteiger partial charge < -0.3 is 25.2 Å². The first-order valence-corrected chi connectivity index (χ1v) is 18.6. The molecule has 2 N–H and O–H groups in total. The first-order valence-electron chi connectivity index (χ1n) is 17.8. The summed E-state index contributed by atoms with van der Waals surface area (Å²) in [4.78, 5) is 37.9. The van der Waals surface area contributed by atoms with Gasteiger partial charge in [0.05, 0.1) is 18.8 Å². The van der Waals surface area contributed by atoms with Crippen LogP contribution in [-0.2, 0) is 26.3 Å². The summed E-state index contributed by atoms with van der Waals surface area (Å²) in [7, 11) is 0. The minimum atomic E-state index is -0.352. The van der Waals surface area contributed by atoms with Gasteiger partial charge in [-0.2, -0.15) is 0 Å². The molecule has 0 aromatic carbocycles. The van der Waals surface area contributed by atoms with Gasteiger partial charge in [-0.3, -0.25) is 14.6 Å². The lowest BCUT2D eigenvalue weighted by Crippen LogP contribution is -2.55. The summed E-state index contributed by atoms with van der Waals surface area (Å²) in [6, 6.07) is 6.24. The predicted octanol–water partition coefficient (Wildman–Crippen LogP) is 5.51. The minimum Gasteiger partial charge on any atom is -0.370 e. The summed E-state index contributed by atoms with van der Waals surface area (Å²) in [5, 5.41) is 6.50. The van der Waals surface area contributed by atoms with Gasteiger partial charge in [-0.1, -0.05) is 25.7 Å². The van der Waals surface area contributed by atoms with Gasteiger partial charge >= 0.3 is 0 Å². The van der Waals surface area contributed by atoms with Gasteiger partial charge in [0.25, 0.3) is 0 Å². The van der Waals surface area contributed by atoms with E-state index in [1.807, 2.05) is 28.6 Å². The molecule has 2 aromatic heterocycles. The lowest BCUT2D eigenvalue weighted by molar-refractivity contribution is -0.139. The molecule has 1 spiro atoms. The van der Waals surface area contributed by atoms with Crippen molar-refractivity contribution in [3.8, 4) is 10.4 Å². The fourth-order valence-electron chi connectivity index (χ4n) is 7.98. The topological polar surface area (TPSA) is 86.8 Å². The number of unbranched alkanes of at least 4 members (excludes halogenated alkanes) is 2. The van der Waals surface area contributed by atoms with Crippen molar-refractivity contribution < 1.29 is 14.3 Å². The molecule has 45 heavy (non-hydrogen) atoms. The van der Waals surface area contributed by atoms with Crippen molar-refractivity contribution in [2.24, 2.45) is 5.92 Å². The van der Waals surface area contributed by atoms with Gasteiger partial charge in [0.15, 0.2) is 0 Å². The number of rotatable bonds is 12. The second-order valence-electron chi connectivity index (χ2n) is 13.7. The molecule has 2 amide bonds. The number of thiophene rings is 1. The number of carbonyl (C=O) groups excluding carboxylic acids is 2. The van der Waals surface area contributed by atoms with Crippen LogP contribution in [0.2, 0.25) is 0 Å². The van der Waals surface area contributed by atoms with E-state index < -0.39 is 0 Å². The van der Waals surface area contributed by atoms with E-state index in [4.69, 9.17) is 4.74 Å². The van der Waals surface area contributed by atoms with E-state index in [-0.39, 0.29) is 35.9 Å². The Labute approximate surface area is 273 Å². The van der Waals surface area contributed by atoms with Crippen molar-refractivity contribution in [2.45, 2.75) is 102 Å². The van der Waals surface area contributed by atoms with Crippen LogP contribution in [0.1, 0.15) is 93.9 Å². The van der Waals surface area contributed by atoms with Crippen LogP contribution < -0.4 is 10.6 Å². The summed E-state index contributed by atoms with van der Waals surface area (Å²) in [6.07, 6.45) is 19.3. The Bertz CT molecular complexity index is 1230. The first kappa shape index (κ1) is 32.6. The zero-order chi connectivity index (χ0) is 30.9. The van der Waals surface area contributed by atoms with Crippen LogP contribution >= 0.6 is 11.3 Å². The molecule has 246 valence electrons. The quantitative estimate of drug-likeness (QED) is 0.299. The maximum atomic E-state index is 13.4. The van der Waals surface area contributed by atoms with Crippen molar-refractivity contribution in [3.63, 3.8) is 0 Å². The number of nitrogens with one attached hydrogen (secondary N) is 2. The third-order valence-corrected chi connectivity index (χ3v) is 11.9. The highest BCUT2D eigenvalue weighted by Crippen LogP contribution is 2.46. The Morgan fingerprint density at radius 3 is 2.51 bits per heavy atom. The van der Waals surface area contributed by atoms with Gasteiger partial charge in [0.2, 0.25) is 11.8 Å². The molecule has 2 aromatic rings. The number of ether oxygens (including phenoxy) is 1. The highest BCUT2D eigenvalue weighted by Gasteiger charge is 2.42. The van der Waals surface area contributed by atoms with Crippen molar-refractivity contribution in [2.75, 3.05) is 52.4 Å². The van der Waals surface area contributed by atoms with Crippen molar-refractivity contribution in [3.05, 3.63) is 41.0 Å². The number of piperidine rings is 2. The number of amides is 2. The van der Waals surface area contributed by atoms with Gasteiger partial charge in [-0.05, 0) is 106 Å². The molecule has 2 saturated heterocycles. The summed E-state index contributed by atoms with van der Waals surface area (Å²) >= 11 is 1.93. The molecule has 3 fully saturated rings. The Hall–Kier alpha value is -2.33. The van der Waals surface area contributed by atoms with Crippen LogP contribution in [0.5, 0.6) is 0 Å². The number of aromatic nitrogens is 1. The smallest absolute Gasteiger partial charge is 0.245 e. The van der Waals surface area contributed by atoms with E-state index in [9.17, 15) is 9.59 Å².